The Morgan fingerprint density at radius 3 is 2.18 bits per heavy atom. The molecule has 0 N–H and O–H groups in total. The van der Waals surface area contributed by atoms with Crippen LogP contribution >= 0.6 is 0 Å². The van der Waals surface area contributed by atoms with Crippen LogP contribution < -0.4 is 0 Å². The Hall–Kier alpha value is 0. The number of hydrogen-bond acceptors (Lipinski definition) is 0. The van der Waals surface area contributed by atoms with Gasteiger partial charge in [-0.3, -0.25) is 0 Å². The van der Waals surface area contributed by atoms with E-state index in [1.54, 1.807) is 0 Å². The maximum absolute atomic E-state index is 2.44. The molecule has 0 aromatic heterocycles. The van der Waals surface area contributed by atoms with Crippen LogP contribution in [0.1, 0.15) is 52.9 Å². The Morgan fingerprint density at radius 1 is 1.18 bits per heavy atom. The van der Waals surface area contributed by atoms with Crippen molar-refractivity contribution in [1.82, 2.24) is 0 Å². The van der Waals surface area contributed by atoms with Gasteiger partial charge in [-0.1, -0.05) is 27.2 Å². The molecule has 0 heterocycles. The lowest BCUT2D eigenvalue weighted by molar-refractivity contribution is 0.154. The smallest absolute Gasteiger partial charge is 0.0264 e. The summed E-state index contributed by atoms with van der Waals surface area (Å²) < 4.78 is 0. The highest BCUT2D eigenvalue weighted by Gasteiger charge is 2.54. The summed E-state index contributed by atoms with van der Waals surface area (Å²) in [4.78, 5) is 0. The average Bonchev–Trinajstić information content (AvgIpc) is 2.38. The van der Waals surface area contributed by atoms with E-state index in [1.807, 2.05) is 0 Å². The van der Waals surface area contributed by atoms with Gasteiger partial charge < -0.3 is 0 Å². The third kappa shape index (κ3) is 1.21. The molecule has 0 aliphatic heterocycles. The maximum Gasteiger partial charge on any atom is -0.0264 e. The molecule has 0 nitrogen and oxygen atoms in total. The molecule has 2 fully saturated rings. The van der Waals surface area contributed by atoms with Gasteiger partial charge in [-0.05, 0) is 42.4 Å². The van der Waals surface area contributed by atoms with E-state index in [9.17, 15) is 0 Å². The van der Waals surface area contributed by atoms with Gasteiger partial charge in [0.2, 0.25) is 0 Å². The second kappa shape index (κ2) is 2.02. The molecule has 0 heteroatoms. The molecular formula is C11H20. The third-order valence-electron chi connectivity index (χ3n) is 3.96. The number of hydrogen-bond donors (Lipinski definition) is 0. The van der Waals surface area contributed by atoms with Crippen LogP contribution in [0.2, 0.25) is 0 Å². The summed E-state index contributed by atoms with van der Waals surface area (Å²) in [7, 11) is 0. The van der Waals surface area contributed by atoms with Gasteiger partial charge >= 0.3 is 0 Å². The molecule has 11 heavy (non-hydrogen) atoms. The topological polar surface area (TPSA) is 0 Å². The summed E-state index contributed by atoms with van der Waals surface area (Å²) in [6, 6.07) is 0. The van der Waals surface area contributed by atoms with Crippen molar-refractivity contribution in [1.29, 1.82) is 0 Å². The van der Waals surface area contributed by atoms with Gasteiger partial charge in [-0.15, -0.1) is 0 Å². The number of rotatable bonds is 0. The van der Waals surface area contributed by atoms with E-state index in [0.717, 1.165) is 11.3 Å². The van der Waals surface area contributed by atoms with Crippen molar-refractivity contribution in [2.45, 2.75) is 52.9 Å². The summed E-state index contributed by atoms with van der Waals surface area (Å²) in [6.07, 6.45) is 7.49. The van der Waals surface area contributed by atoms with Crippen LogP contribution in [0, 0.1) is 16.7 Å². The molecule has 1 spiro atoms. The molecule has 2 aliphatic rings. The van der Waals surface area contributed by atoms with Crippen molar-refractivity contribution >= 4 is 0 Å². The summed E-state index contributed by atoms with van der Waals surface area (Å²) in [5.41, 5.74) is 1.48. The SMILES string of the molecule is CC1C[C@]12CCCC(C)(C)C2. The summed E-state index contributed by atoms with van der Waals surface area (Å²) in [5, 5.41) is 0. The summed E-state index contributed by atoms with van der Waals surface area (Å²) in [5.74, 6) is 1.04. The molecular weight excluding hydrogens is 132 g/mol. The van der Waals surface area contributed by atoms with Crippen molar-refractivity contribution in [3.05, 3.63) is 0 Å². The molecule has 0 amide bonds. The van der Waals surface area contributed by atoms with Crippen LogP contribution in [-0.2, 0) is 0 Å². The standard InChI is InChI=1S/C11H20/c1-9-7-11(9)6-4-5-10(2,3)8-11/h9H,4-8H2,1-3H3/t9?,11-/m0/s1. The first-order valence-corrected chi connectivity index (χ1v) is 5.04. The van der Waals surface area contributed by atoms with Crippen molar-refractivity contribution in [3.8, 4) is 0 Å². The Bertz CT molecular complexity index is 169. The minimum Gasteiger partial charge on any atom is -0.0620 e. The van der Waals surface area contributed by atoms with Crippen LogP contribution in [0.5, 0.6) is 0 Å². The van der Waals surface area contributed by atoms with Gasteiger partial charge in [0.1, 0.15) is 0 Å². The lowest BCUT2D eigenvalue weighted by Crippen LogP contribution is -2.24. The largest absolute Gasteiger partial charge is 0.0620 e. The Balaban J connectivity index is 2.06. The fourth-order valence-corrected chi connectivity index (χ4v) is 3.19. The molecule has 64 valence electrons. The predicted octanol–water partition coefficient (Wildman–Crippen LogP) is 3.61. The average molecular weight is 152 g/mol. The highest BCUT2D eigenvalue weighted by Crippen LogP contribution is 2.64. The van der Waals surface area contributed by atoms with Gasteiger partial charge in [0.15, 0.2) is 0 Å². The first kappa shape index (κ1) is 7.64. The first-order chi connectivity index (χ1) is 5.04. The molecule has 0 aromatic carbocycles. The van der Waals surface area contributed by atoms with E-state index in [4.69, 9.17) is 0 Å². The molecule has 0 aromatic rings. The molecule has 0 bridgehead atoms. The Labute approximate surface area is 70.4 Å². The third-order valence-corrected chi connectivity index (χ3v) is 3.96. The van der Waals surface area contributed by atoms with Gasteiger partial charge in [0.05, 0.1) is 0 Å². The van der Waals surface area contributed by atoms with E-state index in [1.165, 1.54) is 32.1 Å². The van der Waals surface area contributed by atoms with Crippen molar-refractivity contribution in [3.63, 3.8) is 0 Å². The second-order valence-electron chi connectivity index (χ2n) is 5.66. The Kier molecular flexibility index (Phi) is 1.41. The van der Waals surface area contributed by atoms with Crippen LogP contribution in [0.4, 0.5) is 0 Å². The first-order valence-electron chi connectivity index (χ1n) is 5.04. The minimum atomic E-state index is 0.656. The molecule has 2 rings (SSSR count). The fourth-order valence-electron chi connectivity index (χ4n) is 3.19. The molecule has 0 saturated heterocycles. The van der Waals surface area contributed by atoms with Crippen LogP contribution in [-0.4, -0.2) is 0 Å². The molecule has 1 unspecified atom stereocenters. The van der Waals surface area contributed by atoms with E-state index in [2.05, 4.69) is 20.8 Å². The minimum absolute atomic E-state index is 0.656. The zero-order valence-electron chi connectivity index (χ0n) is 8.11. The summed E-state index contributed by atoms with van der Waals surface area (Å²) >= 11 is 0. The van der Waals surface area contributed by atoms with E-state index >= 15 is 0 Å². The van der Waals surface area contributed by atoms with Gasteiger partial charge in [-0.25, -0.2) is 0 Å². The molecule has 2 saturated carbocycles. The quantitative estimate of drug-likeness (QED) is 0.497. The van der Waals surface area contributed by atoms with Crippen molar-refractivity contribution < 1.29 is 0 Å². The maximum atomic E-state index is 2.44. The van der Waals surface area contributed by atoms with E-state index < -0.39 is 0 Å². The monoisotopic (exact) mass is 152 g/mol. The van der Waals surface area contributed by atoms with Crippen LogP contribution in [0.15, 0.2) is 0 Å². The van der Waals surface area contributed by atoms with Gasteiger partial charge in [0, 0.05) is 0 Å². The van der Waals surface area contributed by atoms with E-state index in [-0.39, 0.29) is 0 Å². The predicted molar refractivity (Wildman–Crippen MR) is 48.5 cm³/mol. The van der Waals surface area contributed by atoms with Crippen LogP contribution in [0.3, 0.4) is 0 Å². The lowest BCUT2D eigenvalue weighted by atomic mass is 9.69. The molecule has 2 aliphatic carbocycles. The highest BCUT2D eigenvalue weighted by molar-refractivity contribution is 5.04. The van der Waals surface area contributed by atoms with E-state index in [0.29, 0.717) is 5.41 Å². The molecule has 0 radical (unpaired) electrons. The van der Waals surface area contributed by atoms with Crippen molar-refractivity contribution in [2.24, 2.45) is 16.7 Å². The van der Waals surface area contributed by atoms with Crippen LogP contribution in [0.25, 0.3) is 0 Å². The Morgan fingerprint density at radius 2 is 1.82 bits per heavy atom. The summed E-state index contributed by atoms with van der Waals surface area (Å²) in [6.45, 7) is 7.32. The fraction of sp³-hybridized carbons (Fsp3) is 1.00. The highest BCUT2D eigenvalue weighted by atomic mass is 14.6. The van der Waals surface area contributed by atoms with Gasteiger partial charge in [0.25, 0.3) is 0 Å². The van der Waals surface area contributed by atoms with Crippen molar-refractivity contribution in [2.75, 3.05) is 0 Å². The molecule has 2 atom stereocenters. The second-order valence-corrected chi connectivity index (χ2v) is 5.66. The zero-order valence-corrected chi connectivity index (χ0v) is 8.11. The normalized spacial score (nSPS) is 47.7. The van der Waals surface area contributed by atoms with Gasteiger partial charge in [-0.2, -0.15) is 0 Å². The lowest BCUT2D eigenvalue weighted by Gasteiger charge is -2.36. The zero-order chi connectivity index (χ0) is 8.11.